The van der Waals surface area contributed by atoms with Gasteiger partial charge in [-0.15, -0.1) is 0 Å². The molecule has 1 amide bonds. The lowest BCUT2D eigenvalue weighted by Crippen LogP contribution is -2.38. The molecule has 0 radical (unpaired) electrons. The molecule has 0 saturated carbocycles. The van der Waals surface area contributed by atoms with Crippen molar-refractivity contribution in [3.05, 3.63) is 59.2 Å². The van der Waals surface area contributed by atoms with Gasteiger partial charge in [0.05, 0.1) is 18.7 Å². The number of carbonyl (C=O) groups is 1. The second kappa shape index (κ2) is 9.45. The van der Waals surface area contributed by atoms with E-state index in [1.165, 1.54) is 12.1 Å². The molecule has 0 aliphatic carbocycles. The quantitative estimate of drug-likeness (QED) is 0.608. The Kier molecular flexibility index (Phi) is 6.48. The topological polar surface area (TPSA) is 80.5 Å². The number of rotatable bonds is 6. The number of likely N-dealkylation sites (tertiary alicyclic amines) is 1. The maximum Gasteiger partial charge on any atom is 0.238 e. The van der Waals surface area contributed by atoms with Crippen molar-refractivity contribution in [2.75, 3.05) is 32.1 Å². The molecule has 0 bridgehead atoms. The molecule has 1 fully saturated rings. The molecule has 1 aliphatic heterocycles. The predicted molar refractivity (Wildman–Crippen MR) is 115 cm³/mol. The highest BCUT2D eigenvalue weighted by atomic mass is 35.5. The van der Waals surface area contributed by atoms with Crippen molar-refractivity contribution >= 4 is 23.2 Å². The Labute approximate surface area is 184 Å². The van der Waals surface area contributed by atoms with E-state index in [0.717, 1.165) is 25.9 Å². The molecule has 0 atom stereocenters. The number of hydrogen-bond donors (Lipinski definition) is 1. The molecular weight excluding hydrogens is 423 g/mol. The summed E-state index contributed by atoms with van der Waals surface area (Å²) in [7, 11) is 1.54. The van der Waals surface area contributed by atoms with Gasteiger partial charge in [0.15, 0.2) is 0 Å². The van der Waals surface area contributed by atoms with Gasteiger partial charge >= 0.3 is 0 Å². The van der Waals surface area contributed by atoms with Crippen molar-refractivity contribution in [2.24, 2.45) is 0 Å². The van der Waals surface area contributed by atoms with Gasteiger partial charge in [-0.2, -0.15) is 4.98 Å². The lowest BCUT2D eigenvalue weighted by molar-refractivity contribution is -0.117. The number of nitrogens with zero attached hydrogens (tertiary/aromatic N) is 3. The molecule has 4 rings (SSSR count). The Hall–Kier alpha value is -2.97. The average molecular weight is 445 g/mol. The lowest BCUT2D eigenvalue weighted by Gasteiger charge is -2.29. The van der Waals surface area contributed by atoms with E-state index < -0.39 is 0 Å². The Morgan fingerprint density at radius 2 is 2.00 bits per heavy atom. The summed E-state index contributed by atoms with van der Waals surface area (Å²) >= 11 is 6.10. The summed E-state index contributed by atoms with van der Waals surface area (Å²) in [6, 6.07) is 11.1. The molecule has 0 unspecified atom stereocenters. The number of aromatic nitrogens is 2. The number of piperidine rings is 1. The summed E-state index contributed by atoms with van der Waals surface area (Å²) in [4.78, 5) is 19.0. The molecule has 0 spiro atoms. The average Bonchev–Trinajstić information content (AvgIpc) is 3.25. The zero-order valence-corrected chi connectivity index (χ0v) is 17.7. The standard InChI is InChI=1S/C22H22ClFN4O3/c1-30-19-7-6-17(12-18(19)23)25-20(29)13-28-10-8-15(9-11-28)22-26-21(27-31-22)14-2-4-16(24)5-3-14/h2-7,12,15H,8-11,13H2,1H3,(H,25,29). The third kappa shape index (κ3) is 5.21. The molecular formula is C22H22ClFN4O3. The van der Waals surface area contributed by atoms with E-state index in [2.05, 4.69) is 20.4 Å². The highest BCUT2D eigenvalue weighted by molar-refractivity contribution is 6.32. The van der Waals surface area contributed by atoms with E-state index >= 15 is 0 Å². The van der Waals surface area contributed by atoms with Gasteiger partial charge in [-0.3, -0.25) is 9.69 Å². The monoisotopic (exact) mass is 444 g/mol. The van der Waals surface area contributed by atoms with Crippen molar-refractivity contribution in [3.8, 4) is 17.1 Å². The number of benzene rings is 2. The van der Waals surface area contributed by atoms with Gasteiger partial charge in [0, 0.05) is 17.2 Å². The van der Waals surface area contributed by atoms with Crippen LogP contribution in [0.1, 0.15) is 24.7 Å². The molecule has 1 aliphatic rings. The predicted octanol–water partition coefficient (Wildman–Crippen LogP) is 4.36. The minimum absolute atomic E-state index is 0.101. The summed E-state index contributed by atoms with van der Waals surface area (Å²) in [6.45, 7) is 1.78. The van der Waals surface area contributed by atoms with Crippen LogP contribution < -0.4 is 10.1 Å². The first kappa shape index (κ1) is 21.3. The van der Waals surface area contributed by atoms with Crippen LogP contribution in [0.2, 0.25) is 5.02 Å². The second-order valence-corrected chi connectivity index (χ2v) is 7.82. The molecule has 1 N–H and O–H groups in total. The molecule has 9 heteroatoms. The third-order valence-electron chi connectivity index (χ3n) is 5.28. The maximum atomic E-state index is 13.1. The van der Waals surface area contributed by atoms with Crippen LogP contribution in [0.5, 0.6) is 5.75 Å². The van der Waals surface area contributed by atoms with E-state index in [0.29, 0.717) is 40.3 Å². The van der Waals surface area contributed by atoms with Gasteiger partial charge in [0.2, 0.25) is 17.6 Å². The molecule has 162 valence electrons. The van der Waals surface area contributed by atoms with E-state index in [4.69, 9.17) is 20.9 Å². The lowest BCUT2D eigenvalue weighted by atomic mass is 9.97. The Morgan fingerprint density at radius 3 is 2.68 bits per heavy atom. The van der Waals surface area contributed by atoms with Crippen molar-refractivity contribution in [1.82, 2.24) is 15.0 Å². The fourth-order valence-electron chi connectivity index (χ4n) is 3.60. The number of nitrogens with one attached hydrogen (secondary N) is 1. The van der Waals surface area contributed by atoms with Crippen LogP contribution in [0, 0.1) is 5.82 Å². The van der Waals surface area contributed by atoms with Crippen molar-refractivity contribution in [3.63, 3.8) is 0 Å². The van der Waals surface area contributed by atoms with E-state index in [9.17, 15) is 9.18 Å². The van der Waals surface area contributed by atoms with Crippen LogP contribution in [0.15, 0.2) is 47.0 Å². The number of ether oxygens (including phenoxy) is 1. The number of methoxy groups -OCH3 is 1. The minimum atomic E-state index is -0.307. The molecule has 1 aromatic heterocycles. The van der Waals surface area contributed by atoms with Crippen LogP contribution in [0.4, 0.5) is 10.1 Å². The summed E-state index contributed by atoms with van der Waals surface area (Å²) in [5, 5.41) is 7.33. The van der Waals surface area contributed by atoms with Gasteiger partial charge in [-0.05, 0) is 68.4 Å². The first-order chi connectivity index (χ1) is 15.0. The Morgan fingerprint density at radius 1 is 1.26 bits per heavy atom. The van der Waals surface area contributed by atoms with Gasteiger partial charge in [0.1, 0.15) is 11.6 Å². The molecule has 7 nitrogen and oxygen atoms in total. The number of carbonyl (C=O) groups excluding carboxylic acids is 1. The summed E-state index contributed by atoms with van der Waals surface area (Å²) < 4.78 is 23.6. The van der Waals surface area contributed by atoms with Gasteiger partial charge < -0.3 is 14.6 Å². The number of hydrogen-bond acceptors (Lipinski definition) is 6. The number of halogens is 2. The largest absolute Gasteiger partial charge is 0.495 e. The Balaban J connectivity index is 1.28. The number of anilines is 1. The van der Waals surface area contributed by atoms with Crippen LogP contribution in [0.3, 0.4) is 0 Å². The fraction of sp³-hybridized carbons (Fsp3) is 0.318. The molecule has 1 saturated heterocycles. The first-order valence-electron chi connectivity index (χ1n) is 9.97. The fourth-order valence-corrected chi connectivity index (χ4v) is 3.86. The maximum absolute atomic E-state index is 13.1. The van der Waals surface area contributed by atoms with E-state index in [1.54, 1.807) is 37.4 Å². The van der Waals surface area contributed by atoms with Gasteiger partial charge in [-0.1, -0.05) is 16.8 Å². The SMILES string of the molecule is COc1ccc(NC(=O)CN2CCC(c3nc(-c4ccc(F)cc4)no3)CC2)cc1Cl. The summed E-state index contributed by atoms with van der Waals surface area (Å²) in [6.07, 6.45) is 1.62. The van der Waals surface area contributed by atoms with Gasteiger partial charge in [0.25, 0.3) is 0 Å². The van der Waals surface area contributed by atoms with Crippen molar-refractivity contribution in [2.45, 2.75) is 18.8 Å². The zero-order chi connectivity index (χ0) is 21.8. The van der Waals surface area contributed by atoms with Crippen LogP contribution in [-0.2, 0) is 4.79 Å². The van der Waals surface area contributed by atoms with Crippen LogP contribution >= 0.6 is 11.6 Å². The molecule has 2 aromatic carbocycles. The van der Waals surface area contributed by atoms with Crippen LogP contribution in [-0.4, -0.2) is 47.7 Å². The molecule has 3 aromatic rings. The van der Waals surface area contributed by atoms with Crippen molar-refractivity contribution < 1.29 is 18.4 Å². The van der Waals surface area contributed by atoms with Crippen molar-refractivity contribution in [1.29, 1.82) is 0 Å². The smallest absolute Gasteiger partial charge is 0.238 e. The summed E-state index contributed by atoms with van der Waals surface area (Å²) in [5.41, 5.74) is 1.34. The molecule has 2 heterocycles. The van der Waals surface area contributed by atoms with E-state index in [1.807, 2.05) is 0 Å². The minimum Gasteiger partial charge on any atom is -0.495 e. The number of amides is 1. The normalized spacial score (nSPS) is 15.1. The Bertz CT molecular complexity index is 1050. The zero-order valence-electron chi connectivity index (χ0n) is 17.0. The highest BCUT2D eigenvalue weighted by Gasteiger charge is 2.26. The second-order valence-electron chi connectivity index (χ2n) is 7.41. The third-order valence-corrected chi connectivity index (χ3v) is 5.58. The highest BCUT2D eigenvalue weighted by Crippen LogP contribution is 2.29. The van der Waals surface area contributed by atoms with Gasteiger partial charge in [-0.25, -0.2) is 4.39 Å². The van der Waals surface area contributed by atoms with Crippen LogP contribution in [0.25, 0.3) is 11.4 Å². The molecule has 31 heavy (non-hydrogen) atoms. The first-order valence-corrected chi connectivity index (χ1v) is 10.3. The summed E-state index contributed by atoms with van der Waals surface area (Å²) in [5.74, 6) is 1.33. The van der Waals surface area contributed by atoms with E-state index in [-0.39, 0.29) is 17.6 Å².